The van der Waals surface area contributed by atoms with Crippen LogP contribution in [-0.4, -0.2) is 34.2 Å². The van der Waals surface area contributed by atoms with Gasteiger partial charge in [0.2, 0.25) is 10.0 Å². The Kier molecular flexibility index (Phi) is 5.75. The molecule has 2 N–H and O–H groups in total. The lowest BCUT2D eigenvalue weighted by Crippen LogP contribution is -2.35. The normalized spacial score (nSPS) is 19.0. The third-order valence-corrected chi connectivity index (χ3v) is 5.34. The first kappa shape index (κ1) is 16.4. The Morgan fingerprint density at radius 1 is 1.38 bits per heavy atom. The van der Waals surface area contributed by atoms with Gasteiger partial charge in [-0.25, -0.2) is 13.1 Å². The van der Waals surface area contributed by atoms with E-state index in [4.69, 9.17) is 4.74 Å². The van der Waals surface area contributed by atoms with E-state index in [2.05, 4.69) is 17.0 Å². The highest BCUT2D eigenvalue weighted by Gasteiger charge is 2.25. The van der Waals surface area contributed by atoms with Crippen LogP contribution in [0.15, 0.2) is 23.1 Å². The van der Waals surface area contributed by atoms with Crippen LogP contribution in [0.4, 0.5) is 0 Å². The Bertz CT molecular complexity index is 566. The summed E-state index contributed by atoms with van der Waals surface area (Å²) in [6.45, 7) is 6.66. The fourth-order valence-corrected chi connectivity index (χ4v) is 4.00. The molecule has 118 valence electrons. The molecular formula is C15H24N2O3S. The molecule has 6 heteroatoms. The number of nitrogens with one attached hydrogen (secondary N) is 2. The third-order valence-electron chi connectivity index (χ3n) is 3.68. The third kappa shape index (κ3) is 4.26. The standard InChI is InChI=1S/C15H24N2O3S/c1-3-8-16-10-13-5-4-6-15(12(13)2)21(18,19)17-14-7-9-20-11-14/h4-6,14,16-17H,3,7-11H2,1-2H3. The maximum atomic E-state index is 12.5. The zero-order chi connectivity index (χ0) is 15.3. The number of hydrogen-bond acceptors (Lipinski definition) is 4. The van der Waals surface area contributed by atoms with Crippen LogP contribution in [0.1, 0.15) is 30.9 Å². The summed E-state index contributed by atoms with van der Waals surface area (Å²) >= 11 is 0. The molecular weight excluding hydrogens is 288 g/mol. The van der Waals surface area contributed by atoms with Crippen molar-refractivity contribution >= 4 is 10.0 Å². The molecule has 0 aliphatic carbocycles. The molecule has 0 amide bonds. The summed E-state index contributed by atoms with van der Waals surface area (Å²) in [6, 6.07) is 5.32. The minimum atomic E-state index is -3.49. The Balaban J connectivity index is 2.16. The van der Waals surface area contributed by atoms with E-state index in [1.165, 1.54) is 0 Å². The van der Waals surface area contributed by atoms with Crippen molar-refractivity contribution in [1.82, 2.24) is 10.0 Å². The molecule has 0 radical (unpaired) electrons. The Labute approximate surface area is 127 Å². The quantitative estimate of drug-likeness (QED) is 0.750. The largest absolute Gasteiger partial charge is 0.380 e. The number of ether oxygens (including phenoxy) is 1. The molecule has 0 spiro atoms. The minimum absolute atomic E-state index is 0.115. The van der Waals surface area contributed by atoms with Crippen LogP contribution in [0.3, 0.4) is 0 Å². The van der Waals surface area contributed by atoms with Gasteiger partial charge in [0.25, 0.3) is 0 Å². The van der Waals surface area contributed by atoms with Gasteiger partial charge in [-0.05, 0) is 43.5 Å². The second-order valence-corrected chi connectivity index (χ2v) is 7.08. The number of benzene rings is 1. The second-order valence-electron chi connectivity index (χ2n) is 5.40. The van der Waals surface area contributed by atoms with Crippen LogP contribution in [0.25, 0.3) is 0 Å². The molecule has 21 heavy (non-hydrogen) atoms. The van der Waals surface area contributed by atoms with E-state index in [0.717, 1.165) is 30.5 Å². The first-order chi connectivity index (χ1) is 10.0. The molecule has 0 aromatic heterocycles. The first-order valence-corrected chi connectivity index (χ1v) is 8.92. The fourth-order valence-electron chi connectivity index (χ4n) is 2.45. The van der Waals surface area contributed by atoms with Crippen LogP contribution in [-0.2, 0) is 21.3 Å². The Morgan fingerprint density at radius 2 is 2.19 bits per heavy atom. The van der Waals surface area contributed by atoms with E-state index < -0.39 is 10.0 Å². The maximum absolute atomic E-state index is 12.5. The van der Waals surface area contributed by atoms with Gasteiger partial charge in [0.05, 0.1) is 11.5 Å². The number of sulfonamides is 1. The molecule has 1 heterocycles. The number of hydrogen-bond donors (Lipinski definition) is 2. The van der Waals surface area contributed by atoms with Gasteiger partial charge in [-0.1, -0.05) is 19.1 Å². The summed E-state index contributed by atoms with van der Waals surface area (Å²) < 4.78 is 33.0. The summed E-state index contributed by atoms with van der Waals surface area (Å²) in [4.78, 5) is 0.366. The molecule has 1 aromatic carbocycles. The van der Waals surface area contributed by atoms with Crippen LogP contribution in [0, 0.1) is 6.92 Å². The van der Waals surface area contributed by atoms with E-state index in [-0.39, 0.29) is 6.04 Å². The highest BCUT2D eigenvalue weighted by molar-refractivity contribution is 7.89. The van der Waals surface area contributed by atoms with Gasteiger partial charge < -0.3 is 10.1 Å². The average Bonchev–Trinajstić information content (AvgIpc) is 2.93. The first-order valence-electron chi connectivity index (χ1n) is 7.44. The van der Waals surface area contributed by atoms with Gasteiger partial charge in [-0.15, -0.1) is 0 Å². The molecule has 1 aromatic rings. The lowest BCUT2D eigenvalue weighted by Gasteiger charge is -2.15. The van der Waals surface area contributed by atoms with Gasteiger partial charge in [-0.2, -0.15) is 0 Å². The molecule has 1 fully saturated rings. The van der Waals surface area contributed by atoms with Gasteiger partial charge in [0.1, 0.15) is 0 Å². The molecule has 1 aliphatic rings. The van der Waals surface area contributed by atoms with Crippen molar-refractivity contribution in [2.24, 2.45) is 0 Å². The van der Waals surface area contributed by atoms with Crippen molar-refractivity contribution in [2.75, 3.05) is 19.8 Å². The van der Waals surface area contributed by atoms with E-state index in [0.29, 0.717) is 24.7 Å². The zero-order valence-electron chi connectivity index (χ0n) is 12.7. The topological polar surface area (TPSA) is 67.4 Å². The molecule has 1 unspecified atom stereocenters. The van der Waals surface area contributed by atoms with Crippen molar-refractivity contribution < 1.29 is 13.2 Å². The summed E-state index contributed by atoms with van der Waals surface area (Å²) in [5.41, 5.74) is 1.83. The molecule has 1 saturated heterocycles. The smallest absolute Gasteiger partial charge is 0.241 e. The van der Waals surface area contributed by atoms with Crippen LogP contribution >= 0.6 is 0 Å². The van der Waals surface area contributed by atoms with Crippen molar-refractivity contribution in [3.63, 3.8) is 0 Å². The second kappa shape index (κ2) is 7.35. The maximum Gasteiger partial charge on any atom is 0.241 e. The van der Waals surface area contributed by atoms with Crippen molar-refractivity contribution in [3.8, 4) is 0 Å². The summed E-state index contributed by atoms with van der Waals surface area (Å²) in [5, 5.41) is 3.31. The van der Waals surface area contributed by atoms with Gasteiger partial charge >= 0.3 is 0 Å². The van der Waals surface area contributed by atoms with Gasteiger partial charge in [0.15, 0.2) is 0 Å². The van der Waals surface area contributed by atoms with Crippen LogP contribution in [0.2, 0.25) is 0 Å². The minimum Gasteiger partial charge on any atom is -0.380 e. The highest BCUT2D eigenvalue weighted by atomic mass is 32.2. The van der Waals surface area contributed by atoms with E-state index >= 15 is 0 Å². The monoisotopic (exact) mass is 312 g/mol. The highest BCUT2D eigenvalue weighted by Crippen LogP contribution is 2.20. The Morgan fingerprint density at radius 3 is 2.86 bits per heavy atom. The lowest BCUT2D eigenvalue weighted by molar-refractivity contribution is 0.192. The van der Waals surface area contributed by atoms with Crippen molar-refractivity contribution in [1.29, 1.82) is 0 Å². The van der Waals surface area contributed by atoms with E-state index in [9.17, 15) is 8.42 Å². The number of rotatable bonds is 7. The van der Waals surface area contributed by atoms with Crippen LogP contribution in [0.5, 0.6) is 0 Å². The van der Waals surface area contributed by atoms with Gasteiger partial charge in [0, 0.05) is 19.2 Å². The van der Waals surface area contributed by atoms with Gasteiger partial charge in [-0.3, -0.25) is 0 Å². The molecule has 1 atom stereocenters. The SMILES string of the molecule is CCCNCc1cccc(S(=O)(=O)NC2CCOC2)c1C. The summed E-state index contributed by atoms with van der Waals surface area (Å²) in [7, 11) is -3.49. The molecule has 0 saturated carbocycles. The summed E-state index contributed by atoms with van der Waals surface area (Å²) in [5.74, 6) is 0. The average molecular weight is 312 g/mol. The predicted molar refractivity (Wildman–Crippen MR) is 82.7 cm³/mol. The van der Waals surface area contributed by atoms with Crippen molar-refractivity contribution in [3.05, 3.63) is 29.3 Å². The molecule has 2 rings (SSSR count). The zero-order valence-corrected chi connectivity index (χ0v) is 13.5. The molecule has 1 aliphatic heterocycles. The fraction of sp³-hybridized carbons (Fsp3) is 0.600. The van der Waals surface area contributed by atoms with E-state index in [1.807, 2.05) is 13.0 Å². The van der Waals surface area contributed by atoms with Crippen molar-refractivity contribution in [2.45, 2.75) is 44.2 Å². The summed E-state index contributed by atoms with van der Waals surface area (Å²) in [6.07, 6.45) is 1.79. The predicted octanol–water partition coefficient (Wildman–Crippen LogP) is 1.56. The van der Waals surface area contributed by atoms with E-state index in [1.54, 1.807) is 12.1 Å². The van der Waals surface area contributed by atoms with Crippen LogP contribution < -0.4 is 10.0 Å². The molecule has 5 nitrogen and oxygen atoms in total. The Hall–Kier alpha value is -0.950. The molecule has 0 bridgehead atoms. The lowest BCUT2D eigenvalue weighted by atomic mass is 10.1.